The minimum absolute atomic E-state index is 0.108. The van der Waals surface area contributed by atoms with Crippen LogP contribution in [0.15, 0.2) is 29.1 Å². The fraction of sp³-hybridized carbons (Fsp3) is 0.200. The van der Waals surface area contributed by atoms with Crippen LogP contribution in [0.5, 0.6) is 11.5 Å². The minimum Gasteiger partial charge on any atom is -0.504 e. The molecule has 0 bridgehead atoms. The predicted octanol–water partition coefficient (Wildman–Crippen LogP) is 0.771. The fourth-order valence-electron chi connectivity index (χ4n) is 1.30. The molecule has 1 aromatic carbocycles. The van der Waals surface area contributed by atoms with Crippen LogP contribution < -0.4 is 5.32 Å². The number of phenolic OH excluding ortho intramolecular Hbond substituents is 2. The Morgan fingerprint density at radius 3 is 2.88 bits per heavy atom. The molecule has 3 N–H and O–H groups in total. The summed E-state index contributed by atoms with van der Waals surface area (Å²) in [6, 6.07) is 4.82. The second-order valence-corrected chi connectivity index (χ2v) is 3.24. The van der Waals surface area contributed by atoms with Gasteiger partial charge in [0.1, 0.15) is 0 Å². The summed E-state index contributed by atoms with van der Waals surface area (Å²) in [7, 11) is 0. The highest BCUT2D eigenvalue weighted by atomic mass is 16.5. The quantitative estimate of drug-likeness (QED) is 0.660. The van der Waals surface area contributed by atoms with E-state index in [0.717, 1.165) is 0 Å². The number of hydrogen-bond acceptors (Lipinski definition) is 6. The van der Waals surface area contributed by atoms with Gasteiger partial charge in [0.15, 0.2) is 17.3 Å². The van der Waals surface area contributed by atoms with E-state index >= 15 is 0 Å². The van der Waals surface area contributed by atoms with Gasteiger partial charge < -0.3 is 20.1 Å². The summed E-state index contributed by atoms with van der Waals surface area (Å²) >= 11 is 0. The van der Waals surface area contributed by atoms with Crippen molar-refractivity contribution in [1.29, 1.82) is 0 Å². The molecule has 1 aromatic heterocycles. The van der Waals surface area contributed by atoms with Crippen LogP contribution in [0, 0.1) is 0 Å². The van der Waals surface area contributed by atoms with E-state index in [1.807, 2.05) is 0 Å². The Balaban J connectivity index is 1.92. The van der Waals surface area contributed by atoms with E-state index in [9.17, 15) is 10.2 Å². The first-order valence-corrected chi connectivity index (χ1v) is 4.73. The molecular formula is C10H11N3O3. The maximum absolute atomic E-state index is 9.51. The number of hydrogen-bond donors (Lipinski definition) is 3. The Bertz CT molecular complexity index is 456. The lowest BCUT2D eigenvalue weighted by molar-refractivity contribution is 0.396. The summed E-state index contributed by atoms with van der Waals surface area (Å²) in [6.45, 7) is 0.848. The van der Waals surface area contributed by atoms with Gasteiger partial charge in [-0.15, -0.1) is 0 Å². The first-order valence-electron chi connectivity index (χ1n) is 4.73. The van der Waals surface area contributed by atoms with Crippen molar-refractivity contribution in [2.24, 2.45) is 0 Å². The van der Waals surface area contributed by atoms with E-state index < -0.39 is 0 Å². The minimum atomic E-state index is -0.126. The third-order valence-corrected chi connectivity index (χ3v) is 2.10. The number of aromatic hydroxyl groups is 2. The van der Waals surface area contributed by atoms with Crippen LogP contribution >= 0.6 is 0 Å². The molecule has 0 spiro atoms. The molecule has 0 atom stereocenters. The van der Waals surface area contributed by atoms with Gasteiger partial charge in [0.25, 0.3) is 0 Å². The van der Waals surface area contributed by atoms with Crippen molar-refractivity contribution in [2.45, 2.75) is 13.1 Å². The SMILES string of the molecule is Oc1cccc(CNCc2ncon2)c1O. The highest BCUT2D eigenvalue weighted by molar-refractivity contribution is 5.44. The molecule has 0 amide bonds. The van der Waals surface area contributed by atoms with Crippen molar-refractivity contribution < 1.29 is 14.7 Å². The van der Waals surface area contributed by atoms with Crippen LogP contribution in [0.3, 0.4) is 0 Å². The molecule has 0 unspecified atom stereocenters. The third-order valence-electron chi connectivity index (χ3n) is 2.10. The predicted molar refractivity (Wildman–Crippen MR) is 54.6 cm³/mol. The van der Waals surface area contributed by atoms with Gasteiger partial charge in [-0.25, -0.2) is 0 Å². The summed E-state index contributed by atoms with van der Waals surface area (Å²) in [5.41, 5.74) is 0.614. The zero-order chi connectivity index (χ0) is 11.4. The number of nitrogens with zero attached hydrogens (tertiary/aromatic N) is 2. The second kappa shape index (κ2) is 4.63. The zero-order valence-corrected chi connectivity index (χ0v) is 8.42. The molecule has 6 heteroatoms. The molecule has 16 heavy (non-hydrogen) atoms. The molecule has 84 valence electrons. The van der Waals surface area contributed by atoms with E-state index in [-0.39, 0.29) is 11.5 Å². The molecule has 1 heterocycles. The molecule has 6 nitrogen and oxygen atoms in total. The first kappa shape index (κ1) is 10.4. The van der Waals surface area contributed by atoms with Crippen LogP contribution in [0.25, 0.3) is 0 Å². The van der Waals surface area contributed by atoms with Gasteiger partial charge in [-0.05, 0) is 6.07 Å². The van der Waals surface area contributed by atoms with E-state index in [1.165, 1.54) is 12.5 Å². The van der Waals surface area contributed by atoms with Crippen LogP contribution in [0.2, 0.25) is 0 Å². The number of phenols is 2. The molecule has 0 aliphatic carbocycles. The van der Waals surface area contributed by atoms with E-state index in [1.54, 1.807) is 12.1 Å². The molecule has 2 rings (SSSR count). The number of aromatic nitrogens is 2. The Morgan fingerprint density at radius 1 is 1.25 bits per heavy atom. The average molecular weight is 221 g/mol. The van der Waals surface area contributed by atoms with E-state index in [2.05, 4.69) is 20.0 Å². The lowest BCUT2D eigenvalue weighted by atomic mass is 10.2. The summed E-state index contributed by atoms with van der Waals surface area (Å²) in [5.74, 6) is 0.307. The van der Waals surface area contributed by atoms with Gasteiger partial charge in [0.05, 0.1) is 6.54 Å². The Hall–Kier alpha value is -2.08. The van der Waals surface area contributed by atoms with Crippen molar-refractivity contribution in [2.75, 3.05) is 0 Å². The van der Waals surface area contributed by atoms with Gasteiger partial charge in [-0.2, -0.15) is 4.98 Å². The fourth-order valence-corrected chi connectivity index (χ4v) is 1.30. The number of benzene rings is 1. The molecule has 0 saturated carbocycles. The van der Waals surface area contributed by atoms with Gasteiger partial charge in [0.2, 0.25) is 6.39 Å². The number of rotatable bonds is 4. The monoisotopic (exact) mass is 221 g/mol. The third kappa shape index (κ3) is 2.29. The lowest BCUT2D eigenvalue weighted by Gasteiger charge is -2.06. The average Bonchev–Trinajstić information content (AvgIpc) is 2.77. The van der Waals surface area contributed by atoms with Gasteiger partial charge in [-0.1, -0.05) is 17.3 Å². The van der Waals surface area contributed by atoms with Crippen molar-refractivity contribution in [3.8, 4) is 11.5 Å². The molecule has 0 aliphatic heterocycles. The van der Waals surface area contributed by atoms with Gasteiger partial charge in [-0.3, -0.25) is 0 Å². The molecular weight excluding hydrogens is 210 g/mol. The standard InChI is InChI=1S/C10H11N3O3/c14-8-3-1-2-7(10(8)15)4-11-5-9-12-6-16-13-9/h1-3,6,11,14-15H,4-5H2. The van der Waals surface area contributed by atoms with Crippen LogP contribution in [0.4, 0.5) is 0 Å². The molecule has 0 fully saturated rings. The first-order chi connectivity index (χ1) is 7.77. The normalized spacial score (nSPS) is 10.5. The van der Waals surface area contributed by atoms with E-state index in [0.29, 0.717) is 24.5 Å². The maximum Gasteiger partial charge on any atom is 0.213 e. The van der Waals surface area contributed by atoms with Gasteiger partial charge in [0, 0.05) is 12.1 Å². The Morgan fingerprint density at radius 2 is 2.12 bits per heavy atom. The lowest BCUT2D eigenvalue weighted by Crippen LogP contribution is -2.13. The number of nitrogens with one attached hydrogen (secondary N) is 1. The van der Waals surface area contributed by atoms with E-state index in [4.69, 9.17) is 0 Å². The Labute approximate surface area is 91.5 Å². The van der Waals surface area contributed by atoms with Crippen LogP contribution in [-0.4, -0.2) is 20.4 Å². The smallest absolute Gasteiger partial charge is 0.213 e. The van der Waals surface area contributed by atoms with Crippen molar-refractivity contribution in [3.05, 3.63) is 36.0 Å². The summed E-state index contributed by atoms with van der Waals surface area (Å²) in [6.07, 6.45) is 1.25. The molecule has 2 aromatic rings. The largest absolute Gasteiger partial charge is 0.504 e. The second-order valence-electron chi connectivity index (χ2n) is 3.24. The zero-order valence-electron chi connectivity index (χ0n) is 8.42. The maximum atomic E-state index is 9.51. The van der Waals surface area contributed by atoms with Crippen molar-refractivity contribution >= 4 is 0 Å². The van der Waals surface area contributed by atoms with Gasteiger partial charge >= 0.3 is 0 Å². The molecule has 0 saturated heterocycles. The molecule has 0 aliphatic rings. The topological polar surface area (TPSA) is 91.4 Å². The molecule has 0 radical (unpaired) electrons. The highest BCUT2D eigenvalue weighted by Crippen LogP contribution is 2.27. The number of para-hydroxylation sites is 1. The highest BCUT2D eigenvalue weighted by Gasteiger charge is 2.05. The van der Waals surface area contributed by atoms with Crippen LogP contribution in [0.1, 0.15) is 11.4 Å². The Kier molecular flexibility index (Phi) is 3.02. The summed E-state index contributed by atoms with van der Waals surface area (Å²) in [4.78, 5) is 3.84. The van der Waals surface area contributed by atoms with Crippen LogP contribution in [-0.2, 0) is 13.1 Å². The summed E-state index contributed by atoms with van der Waals surface area (Å²) in [5, 5.41) is 25.4. The van der Waals surface area contributed by atoms with Crippen molar-refractivity contribution in [3.63, 3.8) is 0 Å². The van der Waals surface area contributed by atoms with Crippen molar-refractivity contribution in [1.82, 2.24) is 15.5 Å². The summed E-state index contributed by atoms with van der Waals surface area (Å²) < 4.78 is 4.57.